The molecule has 0 radical (unpaired) electrons. The van der Waals surface area contributed by atoms with Crippen molar-refractivity contribution < 1.29 is 9.84 Å². The molecular formula is C8H17NO2. The fraction of sp³-hybridized carbons (Fsp3) is 1.00. The molecule has 0 spiro atoms. The monoisotopic (exact) mass is 159 g/mol. The number of aliphatic hydroxyl groups is 1. The first-order valence-corrected chi connectivity index (χ1v) is 4.11. The van der Waals surface area contributed by atoms with Gasteiger partial charge in [-0.3, -0.25) is 0 Å². The molecule has 0 aromatic carbocycles. The van der Waals surface area contributed by atoms with Gasteiger partial charge in [-0.25, -0.2) is 0 Å². The molecule has 1 N–H and O–H groups in total. The molecular weight excluding hydrogens is 142 g/mol. The van der Waals surface area contributed by atoms with Crippen molar-refractivity contribution in [1.82, 2.24) is 4.90 Å². The van der Waals surface area contributed by atoms with Gasteiger partial charge < -0.3 is 14.7 Å². The van der Waals surface area contributed by atoms with Crippen molar-refractivity contribution >= 4 is 0 Å². The van der Waals surface area contributed by atoms with E-state index in [0.717, 1.165) is 12.8 Å². The van der Waals surface area contributed by atoms with E-state index in [4.69, 9.17) is 9.84 Å². The van der Waals surface area contributed by atoms with Gasteiger partial charge in [0.25, 0.3) is 0 Å². The maximum Gasteiger partial charge on any atom is 0.155 e. The number of likely N-dealkylation sites (N-methyl/N-ethyl adjacent to an activating group) is 1. The lowest BCUT2D eigenvalue weighted by Gasteiger charge is -2.36. The Hall–Kier alpha value is -0.120. The normalized spacial score (nSPS) is 39.5. The molecule has 66 valence electrons. The molecule has 0 bridgehead atoms. The highest BCUT2D eigenvalue weighted by molar-refractivity contribution is 4.77. The van der Waals surface area contributed by atoms with Crippen molar-refractivity contribution in [3.63, 3.8) is 0 Å². The van der Waals surface area contributed by atoms with E-state index in [1.165, 1.54) is 0 Å². The molecule has 1 saturated heterocycles. The lowest BCUT2D eigenvalue weighted by Crippen LogP contribution is -2.44. The van der Waals surface area contributed by atoms with Crippen LogP contribution in [0.4, 0.5) is 0 Å². The first kappa shape index (κ1) is 8.97. The van der Waals surface area contributed by atoms with Crippen LogP contribution in [0.2, 0.25) is 0 Å². The first-order chi connectivity index (χ1) is 5.11. The second kappa shape index (κ2) is 3.52. The molecule has 1 fully saturated rings. The number of ether oxygens (including phenoxy) is 1. The van der Waals surface area contributed by atoms with Gasteiger partial charge >= 0.3 is 0 Å². The van der Waals surface area contributed by atoms with E-state index in [9.17, 15) is 0 Å². The van der Waals surface area contributed by atoms with Gasteiger partial charge in [-0.05, 0) is 33.9 Å². The van der Waals surface area contributed by atoms with E-state index in [2.05, 4.69) is 4.90 Å². The van der Waals surface area contributed by atoms with Gasteiger partial charge in [-0.1, -0.05) is 0 Å². The molecule has 0 aromatic heterocycles. The Kier molecular flexibility index (Phi) is 2.87. The van der Waals surface area contributed by atoms with Gasteiger partial charge in [0.05, 0.1) is 6.10 Å². The zero-order chi connectivity index (χ0) is 8.43. The van der Waals surface area contributed by atoms with Crippen LogP contribution in [-0.4, -0.2) is 42.5 Å². The number of hydrogen-bond donors (Lipinski definition) is 1. The van der Waals surface area contributed by atoms with E-state index in [1.54, 1.807) is 0 Å². The summed E-state index contributed by atoms with van der Waals surface area (Å²) in [5.74, 6) is 0. The summed E-state index contributed by atoms with van der Waals surface area (Å²) in [6, 6.07) is 0.457. The Bertz CT molecular complexity index is 127. The van der Waals surface area contributed by atoms with Gasteiger partial charge in [0, 0.05) is 6.04 Å². The molecule has 0 aromatic rings. The number of rotatable bonds is 1. The Balaban J connectivity index is 2.44. The smallest absolute Gasteiger partial charge is 0.155 e. The van der Waals surface area contributed by atoms with Crippen molar-refractivity contribution in [1.29, 1.82) is 0 Å². The van der Waals surface area contributed by atoms with Gasteiger partial charge in [0.1, 0.15) is 0 Å². The largest absolute Gasteiger partial charge is 0.368 e. The van der Waals surface area contributed by atoms with Crippen LogP contribution in [0, 0.1) is 0 Å². The average molecular weight is 159 g/mol. The van der Waals surface area contributed by atoms with E-state index < -0.39 is 6.29 Å². The van der Waals surface area contributed by atoms with Crippen LogP contribution in [0.25, 0.3) is 0 Å². The summed E-state index contributed by atoms with van der Waals surface area (Å²) in [5, 5.41) is 9.14. The summed E-state index contributed by atoms with van der Waals surface area (Å²) in [6.45, 7) is 2.01. The Morgan fingerprint density at radius 3 is 2.45 bits per heavy atom. The van der Waals surface area contributed by atoms with Gasteiger partial charge in [0.2, 0.25) is 0 Å². The fourth-order valence-corrected chi connectivity index (χ4v) is 1.63. The molecule has 1 rings (SSSR count). The topological polar surface area (TPSA) is 32.7 Å². The number of hydrogen-bond acceptors (Lipinski definition) is 3. The van der Waals surface area contributed by atoms with E-state index in [-0.39, 0.29) is 6.10 Å². The lowest BCUT2D eigenvalue weighted by molar-refractivity contribution is -0.177. The van der Waals surface area contributed by atoms with Crippen molar-refractivity contribution in [2.75, 3.05) is 14.1 Å². The SMILES string of the molecule is C[C@@H]1OC(O)CC[C@@H]1N(C)C. The molecule has 0 aliphatic carbocycles. The van der Waals surface area contributed by atoms with Crippen LogP contribution in [0.5, 0.6) is 0 Å². The second-order valence-electron chi connectivity index (χ2n) is 3.40. The highest BCUT2D eigenvalue weighted by Crippen LogP contribution is 2.20. The molecule has 0 amide bonds. The third-order valence-electron chi connectivity index (χ3n) is 2.29. The van der Waals surface area contributed by atoms with Crippen LogP contribution in [0.15, 0.2) is 0 Å². The van der Waals surface area contributed by atoms with Crippen molar-refractivity contribution in [2.24, 2.45) is 0 Å². The molecule has 11 heavy (non-hydrogen) atoms. The maximum atomic E-state index is 9.14. The van der Waals surface area contributed by atoms with Crippen LogP contribution in [0.3, 0.4) is 0 Å². The Labute approximate surface area is 68.0 Å². The van der Waals surface area contributed by atoms with Crippen LogP contribution in [-0.2, 0) is 4.74 Å². The summed E-state index contributed by atoms with van der Waals surface area (Å²) in [4.78, 5) is 2.15. The van der Waals surface area contributed by atoms with E-state index >= 15 is 0 Å². The Morgan fingerprint density at radius 1 is 1.36 bits per heavy atom. The first-order valence-electron chi connectivity index (χ1n) is 4.11. The van der Waals surface area contributed by atoms with Crippen molar-refractivity contribution in [3.8, 4) is 0 Å². The lowest BCUT2D eigenvalue weighted by atomic mass is 10.0. The fourth-order valence-electron chi connectivity index (χ4n) is 1.63. The summed E-state index contributed by atoms with van der Waals surface area (Å²) in [5.41, 5.74) is 0. The zero-order valence-corrected chi connectivity index (χ0v) is 7.45. The minimum atomic E-state index is -0.541. The molecule has 3 nitrogen and oxygen atoms in total. The number of nitrogens with zero attached hydrogens (tertiary/aromatic N) is 1. The molecule has 0 saturated carbocycles. The zero-order valence-electron chi connectivity index (χ0n) is 7.45. The molecule has 1 aliphatic rings. The maximum absolute atomic E-state index is 9.14. The van der Waals surface area contributed by atoms with Crippen LogP contribution in [0.1, 0.15) is 19.8 Å². The standard InChI is InChI=1S/C8H17NO2/c1-6-7(9(2)3)4-5-8(10)11-6/h6-8,10H,4-5H2,1-3H3/t6-,7-,8?/m0/s1. The molecule has 3 heteroatoms. The van der Waals surface area contributed by atoms with Gasteiger partial charge in [0.15, 0.2) is 6.29 Å². The molecule has 1 aliphatic heterocycles. The number of aliphatic hydroxyl groups excluding tert-OH is 1. The van der Waals surface area contributed by atoms with Gasteiger partial charge in [-0.15, -0.1) is 0 Å². The summed E-state index contributed by atoms with van der Waals surface area (Å²) in [6.07, 6.45) is 1.39. The Morgan fingerprint density at radius 2 is 2.00 bits per heavy atom. The predicted molar refractivity (Wildman–Crippen MR) is 43.3 cm³/mol. The molecule has 3 atom stereocenters. The van der Waals surface area contributed by atoms with Gasteiger partial charge in [-0.2, -0.15) is 0 Å². The summed E-state index contributed by atoms with van der Waals surface area (Å²) in [7, 11) is 4.09. The third kappa shape index (κ3) is 2.15. The van der Waals surface area contributed by atoms with E-state index in [1.807, 2.05) is 21.0 Å². The molecule has 1 unspecified atom stereocenters. The predicted octanol–water partition coefficient (Wildman–Crippen LogP) is 0.434. The van der Waals surface area contributed by atoms with E-state index in [0.29, 0.717) is 6.04 Å². The summed E-state index contributed by atoms with van der Waals surface area (Å²) < 4.78 is 5.27. The van der Waals surface area contributed by atoms with Crippen LogP contribution >= 0.6 is 0 Å². The van der Waals surface area contributed by atoms with Crippen molar-refractivity contribution in [2.45, 2.75) is 38.2 Å². The van der Waals surface area contributed by atoms with Crippen LogP contribution < -0.4 is 0 Å². The highest BCUT2D eigenvalue weighted by Gasteiger charge is 2.27. The van der Waals surface area contributed by atoms with Crippen molar-refractivity contribution in [3.05, 3.63) is 0 Å². The molecule has 1 heterocycles. The second-order valence-corrected chi connectivity index (χ2v) is 3.40. The quantitative estimate of drug-likeness (QED) is 0.602. The highest BCUT2D eigenvalue weighted by atomic mass is 16.6. The summed E-state index contributed by atoms with van der Waals surface area (Å²) >= 11 is 0. The average Bonchev–Trinajstić information content (AvgIpc) is 1.85. The minimum absolute atomic E-state index is 0.147. The minimum Gasteiger partial charge on any atom is -0.368 e. The third-order valence-corrected chi connectivity index (χ3v) is 2.29.